The van der Waals surface area contributed by atoms with Crippen molar-refractivity contribution in [1.82, 2.24) is 5.32 Å². The van der Waals surface area contributed by atoms with E-state index >= 15 is 0 Å². The molecule has 0 aromatic heterocycles. The van der Waals surface area contributed by atoms with Crippen molar-refractivity contribution in [3.05, 3.63) is 56.3 Å². The van der Waals surface area contributed by atoms with Crippen LogP contribution in [0.25, 0.3) is 0 Å². The summed E-state index contributed by atoms with van der Waals surface area (Å²) in [6.45, 7) is 8.18. The van der Waals surface area contributed by atoms with Gasteiger partial charge in [0.1, 0.15) is 0 Å². The predicted molar refractivity (Wildman–Crippen MR) is 111 cm³/mol. The molecule has 2 aliphatic rings. The minimum Gasteiger partial charge on any atom is -0.463 e. The summed E-state index contributed by atoms with van der Waals surface area (Å²) < 4.78 is 5.35. The summed E-state index contributed by atoms with van der Waals surface area (Å²) >= 11 is 12.4. The van der Waals surface area contributed by atoms with Crippen molar-refractivity contribution >= 4 is 35.0 Å². The highest BCUT2D eigenvalue weighted by atomic mass is 35.5. The summed E-state index contributed by atoms with van der Waals surface area (Å²) in [4.78, 5) is 26.1. The van der Waals surface area contributed by atoms with Gasteiger partial charge in [-0.05, 0) is 42.9 Å². The molecule has 0 spiro atoms. The minimum atomic E-state index is -0.511. The monoisotopic (exact) mass is 421 g/mol. The van der Waals surface area contributed by atoms with Crippen LogP contribution in [0, 0.1) is 5.41 Å². The Bertz CT molecular complexity index is 899. The number of dihydropyridines is 1. The van der Waals surface area contributed by atoms with Crippen molar-refractivity contribution < 1.29 is 14.3 Å². The highest BCUT2D eigenvalue weighted by Gasteiger charge is 2.43. The Labute approximate surface area is 175 Å². The molecule has 28 heavy (non-hydrogen) atoms. The third kappa shape index (κ3) is 3.85. The number of nitrogens with one attached hydrogen (secondary N) is 1. The minimum absolute atomic E-state index is 0.0479. The second-order valence-electron chi connectivity index (χ2n) is 8.03. The fourth-order valence-corrected chi connectivity index (χ4v) is 4.41. The lowest BCUT2D eigenvalue weighted by molar-refractivity contribution is -0.138. The molecule has 1 N–H and O–H groups in total. The topological polar surface area (TPSA) is 55.4 Å². The van der Waals surface area contributed by atoms with Crippen molar-refractivity contribution in [2.24, 2.45) is 5.41 Å². The molecule has 0 saturated heterocycles. The summed E-state index contributed by atoms with van der Waals surface area (Å²) in [6.07, 6.45) is 1.80. The highest BCUT2D eigenvalue weighted by Crippen LogP contribution is 2.47. The van der Waals surface area contributed by atoms with E-state index < -0.39 is 11.9 Å². The van der Waals surface area contributed by atoms with Gasteiger partial charge in [-0.15, -0.1) is 0 Å². The third-order valence-corrected chi connectivity index (χ3v) is 5.99. The Hall–Kier alpha value is -1.78. The van der Waals surface area contributed by atoms with Crippen LogP contribution in [-0.4, -0.2) is 18.4 Å². The number of ether oxygens (including phenoxy) is 1. The highest BCUT2D eigenvalue weighted by molar-refractivity contribution is 6.42. The van der Waals surface area contributed by atoms with Crippen LogP contribution >= 0.6 is 23.2 Å². The number of esters is 1. The number of Topliss-reactive ketones (excluding diaryl/α,β-unsaturated/α-hetero) is 1. The molecular formula is C22H25Cl2NO3. The lowest BCUT2D eigenvalue weighted by Crippen LogP contribution is -2.39. The van der Waals surface area contributed by atoms with Gasteiger partial charge < -0.3 is 10.1 Å². The second-order valence-corrected chi connectivity index (χ2v) is 8.85. The van der Waals surface area contributed by atoms with Gasteiger partial charge in [0.15, 0.2) is 5.78 Å². The normalized spacial score (nSPS) is 21.4. The summed E-state index contributed by atoms with van der Waals surface area (Å²) in [7, 11) is 0. The molecule has 0 fully saturated rings. The van der Waals surface area contributed by atoms with Crippen LogP contribution in [0.15, 0.2) is 40.7 Å². The summed E-state index contributed by atoms with van der Waals surface area (Å²) in [5.41, 5.74) is 3.43. The quantitative estimate of drug-likeness (QED) is 0.647. The van der Waals surface area contributed by atoms with Gasteiger partial charge in [-0.1, -0.05) is 50.0 Å². The van der Waals surface area contributed by atoms with Crippen LogP contribution < -0.4 is 5.32 Å². The Balaban J connectivity index is 2.23. The Morgan fingerprint density at radius 3 is 2.54 bits per heavy atom. The number of carbonyl (C=O) groups excluding carboxylic acids is 2. The van der Waals surface area contributed by atoms with E-state index in [9.17, 15) is 9.59 Å². The van der Waals surface area contributed by atoms with Crippen molar-refractivity contribution in [2.45, 2.75) is 52.9 Å². The molecule has 0 amide bonds. The van der Waals surface area contributed by atoms with Gasteiger partial charge in [-0.2, -0.15) is 0 Å². The molecule has 1 aromatic rings. The second kappa shape index (κ2) is 7.92. The molecule has 0 radical (unpaired) electrons. The lowest BCUT2D eigenvalue weighted by atomic mass is 9.68. The predicted octanol–water partition coefficient (Wildman–Crippen LogP) is 5.55. The standard InChI is InChI=1S/C22H25Cl2NO3/c1-5-15-20(21(27)28-6-2)18(12-7-8-13(23)14(24)9-12)19-16(25-15)10-22(3,4)11-17(19)26/h7-9,18,25H,5-6,10-11H2,1-4H3/t18-/m1/s1. The molecular weight excluding hydrogens is 397 g/mol. The van der Waals surface area contributed by atoms with Crippen LogP contribution in [0.4, 0.5) is 0 Å². The average molecular weight is 422 g/mol. The maximum absolute atomic E-state index is 13.2. The first-order valence-corrected chi connectivity index (χ1v) is 10.3. The fraction of sp³-hybridized carbons (Fsp3) is 0.455. The number of benzene rings is 1. The van der Waals surface area contributed by atoms with Crippen LogP contribution in [-0.2, 0) is 14.3 Å². The first-order valence-electron chi connectivity index (χ1n) is 9.57. The van der Waals surface area contributed by atoms with E-state index in [1.807, 2.05) is 13.0 Å². The molecule has 150 valence electrons. The molecule has 1 aliphatic heterocycles. The van der Waals surface area contributed by atoms with Crippen LogP contribution in [0.1, 0.15) is 58.4 Å². The molecule has 0 saturated carbocycles. The maximum atomic E-state index is 13.2. The van der Waals surface area contributed by atoms with Gasteiger partial charge >= 0.3 is 5.97 Å². The smallest absolute Gasteiger partial charge is 0.336 e. The third-order valence-electron chi connectivity index (χ3n) is 5.25. The zero-order valence-electron chi connectivity index (χ0n) is 16.6. The Kier molecular flexibility index (Phi) is 5.92. The van der Waals surface area contributed by atoms with E-state index in [4.69, 9.17) is 27.9 Å². The number of hydrogen-bond donors (Lipinski definition) is 1. The van der Waals surface area contributed by atoms with E-state index in [1.54, 1.807) is 19.1 Å². The fourth-order valence-electron chi connectivity index (χ4n) is 4.10. The molecule has 4 nitrogen and oxygen atoms in total. The van der Waals surface area contributed by atoms with Gasteiger partial charge in [-0.25, -0.2) is 4.79 Å². The Morgan fingerprint density at radius 1 is 1.21 bits per heavy atom. The lowest BCUT2D eigenvalue weighted by Gasteiger charge is -2.40. The first-order chi connectivity index (χ1) is 13.2. The summed E-state index contributed by atoms with van der Waals surface area (Å²) in [6, 6.07) is 5.27. The molecule has 1 heterocycles. The molecule has 1 aliphatic carbocycles. The zero-order chi connectivity index (χ0) is 20.6. The van der Waals surface area contributed by atoms with Crippen molar-refractivity contribution in [1.29, 1.82) is 0 Å². The van der Waals surface area contributed by atoms with Crippen LogP contribution in [0.2, 0.25) is 10.0 Å². The van der Waals surface area contributed by atoms with Crippen molar-refractivity contribution in [3.63, 3.8) is 0 Å². The zero-order valence-corrected chi connectivity index (χ0v) is 18.1. The number of halogens is 2. The van der Waals surface area contributed by atoms with E-state index in [1.165, 1.54) is 0 Å². The van der Waals surface area contributed by atoms with Crippen LogP contribution in [0.3, 0.4) is 0 Å². The molecule has 0 unspecified atom stereocenters. The molecule has 3 rings (SSSR count). The molecule has 1 aromatic carbocycles. The van der Waals surface area contributed by atoms with Crippen molar-refractivity contribution in [3.8, 4) is 0 Å². The van der Waals surface area contributed by atoms with Gasteiger partial charge in [0, 0.05) is 29.3 Å². The van der Waals surface area contributed by atoms with E-state index in [-0.39, 0.29) is 17.8 Å². The van der Waals surface area contributed by atoms with E-state index in [0.717, 1.165) is 23.4 Å². The first kappa shape index (κ1) is 20.9. The number of ketones is 1. The number of allylic oxidation sites excluding steroid dienone is 3. The molecule has 0 bridgehead atoms. The molecule has 6 heteroatoms. The summed E-state index contributed by atoms with van der Waals surface area (Å²) in [5, 5.41) is 4.21. The van der Waals surface area contributed by atoms with Gasteiger partial charge in [0.2, 0.25) is 0 Å². The Morgan fingerprint density at radius 2 is 1.93 bits per heavy atom. The van der Waals surface area contributed by atoms with Gasteiger partial charge in [-0.3, -0.25) is 4.79 Å². The van der Waals surface area contributed by atoms with E-state index in [0.29, 0.717) is 34.0 Å². The van der Waals surface area contributed by atoms with Crippen molar-refractivity contribution in [2.75, 3.05) is 6.61 Å². The number of rotatable bonds is 4. The SMILES string of the molecule is CCOC(=O)C1=C(CC)NC2=C(C(=O)CC(C)(C)C2)[C@H]1c1ccc(Cl)c(Cl)c1. The maximum Gasteiger partial charge on any atom is 0.336 e. The van der Waals surface area contributed by atoms with Gasteiger partial charge in [0.05, 0.1) is 22.2 Å². The van der Waals surface area contributed by atoms with Gasteiger partial charge in [0.25, 0.3) is 0 Å². The average Bonchev–Trinajstić information content (AvgIpc) is 2.61. The van der Waals surface area contributed by atoms with E-state index in [2.05, 4.69) is 19.2 Å². The molecule has 1 atom stereocenters. The van der Waals surface area contributed by atoms with Crippen LogP contribution in [0.5, 0.6) is 0 Å². The largest absolute Gasteiger partial charge is 0.463 e. The summed E-state index contributed by atoms with van der Waals surface area (Å²) in [5.74, 6) is -0.873. The number of hydrogen-bond acceptors (Lipinski definition) is 4. The number of carbonyl (C=O) groups is 2.